The second-order valence-electron chi connectivity index (χ2n) is 4.60. The van der Waals surface area contributed by atoms with Crippen LogP contribution in [0.15, 0.2) is 57.9 Å². The van der Waals surface area contributed by atoms with Crippen LogP contribution in [0.5, 0.6) is 0 Å². The summed E-state index contributed by atoms with van der Waals surface area (Å²) in [6, 6.07) is 16.3. The van der Waals surface area contributed by atoms with Gasteiger partial charge in [0, 0.05) is 20.7 Å². The lowest BCUT2D eigenvalue weighted by Gasteiger charge is -2.23. The summed E-state index contributed by atoms with van der Waals surface area (Å²) in [6.45, 7) is 2.11. The quantitative estimate of drug-likeness (QED) is 0.686. The van der Waals surface area contributed by atoms with Crippen molar-refractivity contribution in [1.29, 1.82) is 0 Å². The van der Waals surface area contributed by atoms with Crippen LogP contribution < -0.4 is 5.73 Å². The van der Waals surface area contributed by atoms with E-state index < -0.39 is 0 Å². The lowest BCUT2D eigenvalue weighted by atomic mass is 10.0. The van der Waals surface area contributed by atoms with Crippen LogP contribution in [0.25, 0.3) is 0 Å². The van der Waals surface area contributed by atoms with Gasteiger partial charge in [0.25, 0.3) is 0 Å². The smallest absolute Gasteiger partial charge is 0.0542 e. The molecular weight excluding hydrogens is 354 g/mol. The van der Waals surface area contributed by atoms with E-state index in [0.29, 0.717) is 0 Å². The molecule has 0 aliphatic carbocycles. The third-order valence-corrected chi connectivity index (χ3v) is 5.55. The van der Waals surface area contributed by atoms with Crippen molar-refractivity contribution in [2.75, 3.05) is 0 Å². The normalized spacial score (nSPS) is 14.0. The summed E-state index contributed by atoms with van der Waals surface area (Å²) < 4.78 is 1.07. The predicted octanol–water partition coefficient (Wildman–Crippen LogP) is 5.67. The summed E-state index contributed by atoms with van der Waals surface area (Å²) in [5.74, 6) is 0. The molecule has 2 aromatic carbocycles. The summed E-state index contributed by atoms with van der Waals surface area (Å²) in [5.41, 5.74) is 7.54. The highest BCUT2D eigenvalue weighted by molar-refractivity contribution is 9.10. The molecule has 0 aliphatic rings. The molecule has 2 rings (SSSR count). The molecule has 0 bridgehead atoms. The van der Waals surface area contributed by atoms with E-state index in [4.69, 9.17) is 17.3 Å². The fourth-order valence-corrected chi connectivity index (χ4v) is 3.92. The molecule has 20 heavy (non-hydrogen) atoms. The van der Waals surface area contributed by atoms with Crippen LogP contribution in [-0.4, -0.2) is 6.04 Å². The third kappa shape index (κ3) is 4.01. The molecule has 0 aliphatic heterocycles. The maximum Gasteiger partial charge on any atom is 0.0542 e. The molecule has 0 aromatic heterocycles. The minimum atomic E-state index is 0.0885. The van der Waals surface area contributed by atoms with Gasteiger partial charge in [0.15, 0.2) is 0 Å². The Hall–Kier alpha value is -0.480. The first-order valence-electron chi connectivity index (χ1n) is 6.54. The van der Waals surface area contributed by atoms with Crippen molar-refractivity contribution in [1.82, 2.24) is 0 Å². The Labute approximate surface area is 138 Å². The number of benzene rings is 2. The van der Waals surface area contributed by atoms with E-state index in [1.54, 1.807) is 11.8 Å². The van der Waals surface area contributed by atoms with Gasteiger partial charge in [-0.15, -0.1) is 11.8 Å². The molecule has 2 unspecified atom stereocenters. The van der Waals surface area contributed by atoms with Gasteiger partial charge in [-0.1, -0.05) is 58.7 Å². The largest absolute Gasteiger partial charge is 0.326 e. The first-order chi connectivity index (χ1) is 9.61. The van der Waals surface area contributed by atoms with Gasteiger partial charge in [0.1, 0.15) is 0 Å². The van der Waals surface area contributed by atoms with E-state index in [1.807, 2.05) is 36.4 Å². The van der Waals surface area contributed by atoms with Gasteiger partial charge in [-0.2, -0.15) is 0 Å². The number of thioether (sulfide) groups is 1. The van der Waals surface area contributed by atoms with E-state index in [-0.39, 0.29) is 11.3 Å². The molecule has 2 N–H and O–H groups in total. The standard InChI is InChI=1S/C16H17BrClNS/c1-2-14(19)16(11-6-5-7-12(17)10-11)20-15-9-4-3-8-13(15)18/h3-10,14,16H,2,19H2,1H3. The van der Waals surface area contributed by atoms with Gasteiger partial charge in [-0.3, -0.25) is 0 Å². The molecule has 1 nitrogen and oxygen atoms in total. The Morgan fingerprint density at radius 2 is 1.95 bits per heavy atom. The molecule has 2 atom stereocenters. The lowest BCUT2D eigenvalue weighted by molar-refractivity contribution is 0.634. The number of hydrogen-bond acceptors (Lipinski definition) is 2. The topological polar surface area (TPSA) is 26.0 Å². The van der Waals surface area contributed by atoms with Crippen LogP contribution in [0.2, 0.25) is 5.02 Å². The second kappa shape index (κ2) is 7.51. The minimum Gasteiger partial charge on any atom is -0.326 e. The van der Waals surface area contributed by atoms with Gasteiger partial charge in [0.2, 0.25) is 0 Å². The van der Waals surface area contributed by atoms with Gasteiger partial charge in [0.05, 0.1) is 5.02 Å². The van der Waals surface area contributed by atoms with Crippen molar-refractivity contribution >= 4 is 39.3 Å². The zero-order valence-corrected chi connectivity index (χ0v) is 14.4. The highest BCUT2D eigenvalue weighted by atomic mass is 79.9. The highest BCUT2D eigenvalue weighted by Gasteiger charge is 2.21. The van der Waals surface area contributed by atoms with Gasteiger partial charge in [-0.05, 0) is 36.2 Å². The number of nitrogens with two attached hydrogens (primary N) is 1. The van der Waals surface area contributed by atoms with Crippen molar-refractivity contribution in [2.24, 2.45) is 5.73 Å². The summed E-state index contributed by atoms with van der Waals surface area (Å²) in [6.07, 6.45) is 0.925. The maximum atomic E-state index is 6.32. The van der Waals surface area contributed by atoms with Gasteiger partial charge < -0.3 is 5.73 Å². The fourth-order valence-electron chi connectivity index (χ4n) is 1.98. The fraction of sp³-hybridized carbons (Fsp3) is 0.250. The van der Waals surface area contributed by atoms with E-state index in [2.05, 4.69) is 35.0 Å². The number of rotatable bonds is 5. The van der Waals surface area contributed by atoms with Gasteiger partial charge >= 0.3 is 0 Å². The van der Waals surface area contributed by atoms with Crippen LogP contribution in [0.3, 0.4) is 0 Å². The summed E-state index contributed by atoms with van der Waals surface area (Å²) in [7, 11) is 0. The number of halogens is 2. The van der Waals surface area contributed by atoms with Crippen molar-refractivity contribution in [3.63, 3.8) is 0 Å². The average Bonchev–Trinajstić information content (AvgIpc) is 2.45. The van der Waals surface area contributed by atoms with E-state index in [0.717, 1.165) is 20.8 Å². The molecule has 0 saturated carbocycles. The zero-order valence-electron chi connectivity index (χ0n) is 11.2. The third-order valence-electron chi connectivity index (χ3n) is 3.13. The van der Waals surface area contributed by atoms with E-state index in [1.165, 1.54) is 5.56 Å². The summed E-state index contributed by atoms with van der Waals surface area (Å²) in [5, 5.41) is 0.971. The molecule has 0 amide bonds. The van der Waals surface area contributed by atoms with Crippen LogP contribution in [0, 0.1) is 0 Å². The van der Waals surface area contributed by atoms with Crippen molar-refractivity contribution < 1.29 is 0 Å². The Kier molecular flexibility index (Phi) is 5.97. The van der Waals surface area contributed by atoms with Crippen LogP contribution in [0.4, 0.5) is 0 Å². The van der Waals surface area contributed by atoms with Crippen LogP contribution in [0.1, 0.15) is 24.2 Å². The highest BCUT2D eigenvalue weighted by Crippen LogP contribution is 2.41. The minimum absolute atomic E-state index is 0.0885. The van der Waals surface area contributed by atoms with Gasteiger partial charge in [-0.25, -0.2) is 0 Å². The Morgan fingerprint density at radius 3 is 2.60 bits per heavy atom. The molecular formula is C16H17BrClNS. The molecule has 0 heterocycles. The van der Waals surface area contributed by atoms with Crippen LogP contribution >= 0.6 is 39.3 Å². The van der Waals surface area contributed by atoms with E-state index in [9.17, 15) is 0 Å². The molecule has 0 spiro atoms. The molecule has 4 heteroatoms. The molecule has 0 saturated heterocycles. The summed E-state index contributed by atoms with van der Waals surface area (Å²) in [4.78, 5) is 1.07. The SMILES string of the molecule is CCC(N)C(Sc1ccccc1Cl)c1cccc(Br)c1. The Balaban J connectivity index is 2.31. The molecule has 0 radical (unpaired) electrons. The van der Waals surface area contributed by atoms with Crippen LogP contribution in [-0.2, 0) is 0 Å². The monoisotopic (exact) mass is 369 g/mol. The zero-order chi connectivity index (χ0) is 14.5. The first-order valence-corrected chi connectivity index (χ1v) is 8.59. The predicted molar refractivity (Wildman–Crippen MR) is 92.5 cm³/mol. The first kappa shape index (κ1) is 15.9. The maximum absolute atomic E-state index is 6.32. The molecule has 106 valence electrons. The van der Waals surface area contributed by atoms with E-state index >= 15 is 0 Å². The Morgan fingerprint density at radius 1 is 1.20 bits per heavy atom. The molecule has 0 fully saturated rings. The lowest BCUT2D eigenvalue weighted by Crippen LogP contribution is -2.25. The Bertz CT molecular complexity index is 576. The van der Waals surface area contributed by atoms with Crippen molar-refractivity contribution in [3.05, 3.63) is 63.6 Å². The molecule has 2 aromatic rings. The van der Waals surface area contributed by atoms with Crippen molar-refractivity contribution in [2.45, 2.75) is 29.5 Å². The number of hydrogen-bond donors (Lipinski definition) is 1. The summed E-state index contributed by atoms with van der Waals surface area (Å²) >= 11 is 11.5. The van der Waals surface area contributed by atoms with Crippen molar-refractivity contribution in [3.8, 4) is 0 Å². The average molecular weight is 371 g/mol. The second-order valence-corrected chi connectivity index (χ2v) is 7.10.